The van der Waals surface area contributed by atoms with Crippen LogP contribution in [-0.2, 0) is 9.53 Å². The predicted molar refractivity (Wildman–Crippen MR) is 92.3 cm³/mol. The second kappa shape index (κ2) is 6.35. The number of carbonyl (C=O) groups excluding carboxylic acids is 2. The number of fused-ring (bicyclic) bond motifs is 1. The zero-order valence-corrected chi connectivity index (χ0v) is 14.0. The molecule has 1 aliphatic rings. The fourth-order valence-electron chi connectivity index (χ4n) is 3.17. The van der Waals surface area contributed by atoms with E-state index in [-0.39, 0.29) is 6.03 Å². The highest BCUT2D eigenvalue weighted by Gasteiger charge is 2.35. The number of hydrogen-bond acceptors (Lipinski definition) is 3. The zero-order chi connectivity index (χ0) is 17.3. The molecule has 5 heteroatoms. The van der Waals surface area contributed by atoms with Gasteiger partial charge < -0.3 is 10.1 Å². The van der Waals surface area contributed by atoms with Gasteiger partial charge in [0.15, 0.2) is 0 Å². The summed E-state index contributed by atoms with van der Waals surface area (Å²) in [6.45, 7) is 4.14. The first-order valence-electron chi connectivity index (χ1n) is 7.92. The van der Waals surface area contributed by atoms with Crippen LogP contribution in [0.3, 0.4) is 0 Å². The third-order valence-corrected chi connectivity index (χ3v) is 4.42. The molecule has 0 fully saturated rings. The highest BCUT2D eigenvalue weighted by molar-refractivity contribution is 5.95. The molecule has 0 aliphatic carbocycles. The van der Waals surface area contributed by atoms with Gasteiger partial charge in [-0.05, 0) is 36.2 Å². The highest BCUT2D eigenvalue weighted by atomic mass is 16.5. The molecule has 0 unspecified atom stereocenters. The number of allylic oxidation sites excluding steroid dienone is 1. The van der Waals surface area contributed by atoms with E-state index < -0.39 is 12.0 Å². The molecule has 0 radical (unpaired) electrons. The van der Waals surface area contributed by atoms with Crippen molar-refractivity contribution in [2.24, 2.45) is 0 Å². The molecular formula is C19H20N2O3. The van der Waals surface area contributed by atoms with Crippen LogP contribution in [0.5, 0.6) is 0 Å². The van der Waals surface area contributed by atoms with Crippen LogP contribution in [0.25, 0.3) is 10.8 Å². The Balaban J connectivity index is 2.13. The third kappa shape index (κ3) is 2.62. The van der Waals surface area contributed by atoms with Crippen molar-refractivity contribution in [1.29, 1.82) is 0 Å². The first-order chi connectivity index (χ1) is 11.6. The fraction of sp³-hybridized carbons (Fsp3) is 0.263. The second-order valence-electron chi connectivity index (χ2n) is 5.72. The minimum absolute atomic E-state index is 0.208. The van der Waals surface area contributed by atoms with E-state index in [1.165, 1.54) is 7.11 Å². The molecular weight excluding hydrogens is 304 g/mol. The van der Waals surface area contributed by atoms with E-state index >= 15 is 0 Å². The Morgan fingerprint density at radius 1 is 1.21 bits per heavy atom. The van der Waals surface area contributed by atoms with E-state index in [1.807, 2.05) is 49.4 Å². The van der Waals surface area contributed by atoms with Gasteiger partial charge in [0.2, 0.25) is 0 Å². The number of carbonyl (C=O) groups is 2. The maximum atomic E-state index is 12.4. The number of rotatable bonds is 3. The molecule has 2 aromatic rings. The lowest BCUT2D eigenvalue weighted by Gasteiger charge is -2.34. The average Bonchev–Trinajstić information content (AvgIpc) is 2.60. The second-order valence-corrected chi connectivity index (χ2v) is 5.72. The summed E-state index contributed by atoms with van der Waals surface area (Å²) in [6, 6.07) is 13.2. The lowest BCUT2D eigenvalue weighted by Crippen LogP contribution is -2.47. The number of esters is 1. The Morgan fingerprint density at radius 3 is 2.58 bits per heavy atom. The molecule has 1 aliphatic heterocycles. The molecule has 2 amide bonds. The van der Waals surface area contributed by atoms with Gasteiger partial charge in [-0.3, -0.25) is 4.90 Å². The smallest absolute Gasteiger partial charge is 0.337 e. The number of benzene rings is 2. The molecule has 1 N–H and O–H groups in total. The van der Waals surface area contributed by atoms with Crippen LogP contribution >= 0.6 is 0 Å². The summed E-state index contributed by atoms with van der Waals surface area (Å²) in [5, 5.41) is 5.09. The van der Waals surface area contributed by atoms with E-state index in [1.54, 1.807) is 11.8 Å². The molecule has 5 nitrogen and oxygen atoms in total. The van der Waals surface area contributed by atoms with Gasteiger partial charge >= 0.3 is 12.0 Å². The molecule has 24 heavy (non-hydrogen) atoms. The molecule has 2 aromatic carbocycles. The quantitative estimate of drug-likeness (QED) is 0.881. The zero-order valence-electron chi connectivity index (χ0n) is 14.0. The van der Waals surface area contributed by atoms with Crippen molar-refractivity contribution in [3.8, 4) is 0 Å². The molecule has 3 rings (SSSR count). The number of ether oxygens (including phenoxy) is 1. The van der Waals surface area contributed by atoms with Crippen molar-refractivity contribution in [2.45, 2.75) is 19.9 Å². The van der Waals surface area contributed by atoms with Crippen molar-refractivity contribution in [2.75, 3.05) is 13.7 Å². The molecule has 0 spiro atoms. The van der Waals surface area contributed by atoms with Gasteiger partial charge in [-0.1, -0.05) is 36.4 Å². The largest absolute Gasteiger partial charge is 0.466 e. The van der Waals surface area contributed by atoms with Crippen molar-refractivity contribution in [3.63, 3.8) is 0 Å². The maximum Gasteiger partial charge on any atom is 0.337 e. The van der Waals surface area contributed by atoms with Crippen molar-refractivity contribution in [3.05, 3.63) is 59.3 Å². The molecule has 0 bridgehead atoms. The van der Waals surface area contributed by atoms with Crippen LogP contribution < -0.4 is 5.32 Å². The summed E-state index contributed by atoms with van der Waals surface area (Å²) in [5.41, 5.74) is 1.96. The van der Waals surface area contributed by atoms with Gasteiger partial charge in [0, 0.05) is 12.2 Å². The first-order valence-corrected chi connectivity index (χ1v) is 7.92. The molecule has 1 heterocycles. The summed E-state index contributed by atoms with van der Waals surface area (Å²) < 4.78 is 4.95. The van der Waals surface area contributed by atoms with Gasteiger partial charge in [0.1, 0.15) is 0 Å². The van der Waals surface area contributed by atoms with Crippen molar-refractivity contribution in [1.82, 2.24) is 10.2 Å². The Morgan fingerprint density at radius 2 is 1.92 bits per heavy atom. The van der Waals surface area contributed by atoms with Crippen LogP contribution in [0, 0.1) is 0 Å². The standard InChI is InChI=1S/C19H20N2O3/c1-4-21-12(2)16(18(22)24-3)17(20-19(21)23)15-10-9-13-7-5-6-8-14(13)11-15/h5-11,17H,4H2,1-3H3,(H,20,23)/t17-/m0/s1. The van der Waals surface area contributed by atoms with Crippen molar-refractivity contribution >= 4 is 22.8 Å². The van der Waals surface area contributed by atoms with Crippen LogP contribution in [0.4, 0.5) is 4.79 Å². The summed E-state index contributed by atoms with van der Waals surface area (Å²) in [6.07, 6.45) is 0. The summed E-state index contributed by atoms with van der Waals surface area (Å²) >= 11 is 0. The molecule has 124 valence electrons. The normalized spacial score (nSPS) is 17.9. The number of nitrogens with one attached hydrogen (secondary N) is 1. The Hall–Kier alpha value is -2.82. The monoisotopic (exact) mass is 324 g/mol. The molecule has 0 saturated heterocycles. The van der Waals surface area contributed by atoms with Gasteiger partial charge in [0.05, 0.1) is 18.7 Å². The van der Waals surface area contributed by atoms with E-state index in [2.05, 4.69) is 5.32 Å². The van der Waals surface area contributed by atoms with Gasteiger partial charge in [-0.25, -0.2) is 9.59 Å². The van der Waals surface area contributed by atoms with E-state index in [9.17, 15) is 9.59 Å². The van der Waals surface area contributed by atoms with Crippen LogP contribution in [0.2, 0.25) is 0 Å². The third-order valence-electron chi connectivity index (χ3n) is 4.42. The Kier molecular flexibility index (Phi) is 4.25. The Bertz CT molecular complexity index is 841. The van der Waals surface area contributed by atoms with Crippen molar-refractivity contribution < 1.29 is 14.3 Å². The lowest BCUT2D eigenvalue weighted by molar-refractivity contribution is -0.136. The number of nitrogens with zero attached hydrogens (tertiary/aromatic N) is 1. The Labute approximate surface area is 140 Å². The maximum absolute atomic E-state index is 12.4. The fourth-order valence-corrected chi connectivity index (χ4v) is 3.17. The molecule has 0 aromatic heterocycles. The summed E-state index contributed by atoms with van der Waals surface area (Å²) in [7, 11) is 1.35. The molecule has 1 atom stereocenters. The first kappa shape index (κ1) is 16.1. The highest BCUT2D eigenvalue weighted by Crippen LogP contribution is 2.32. The lowest BCUT2D eigenvalue weighted by atomic mass is 9.93. The van der Waals surface area contributed by atoms with Crippen LogP contribution in [0.15, 0.2) is 53.7 Å². The topological polar surface area (TPSA) is 58.6 Å². The minimum Gasteiger partial charge on any atom is -0.466 e. The van der Waals surface area contributed by atoms with Gasteiger partial charge in [-0.2, -0.15) is 0 Å². The van der Waals surface area contributed by atoms with E-state index in [0.717, 1.165) is 16.3 Å². The van der Waals surface area contributed by atoms with E-state index in [0.29, 0.717) is 17.8 Å². The number of methoxy groups -OCH3 is 1. The number of hydrogen-bond donors (Lipinski definition) is 1. The summed E-state index contributed by atoms with van der Waals surface area (Å²) in [5.74, 6) is -0.427. The number of urea groups is 1. The predicted octanol–water partition coefficient (Wildman–Crippen LogP) is 3.37. The van der Waals surface area contributed by atoms with E-state index in [4.69, 9.17) is 4.74 Å². The minimum atomic E-state index is -0.516. The molecule has 0 saturated carbocycles. The number of amides is 2. The average molecular weight is 324 g/mol. The van der Waals surface area contributed by atoms with Gasteiger partial charge in [-0.15, -0.1) is 0 Å². The SMILES string of the molecule is CCN1C(=O)N[C@@H](c2ccc3ccccc3c2)C(C(=O)OC)=C1C. The van der Waals surface area contributed by atoms with Crippen LogP contribution in [-0.4, -0.2) is 30.6 Å². The van der Waals surface area contributed by atoms with Crippen LogP contribution in [0.1, 0.15) is 25.5 Å². The summed E-state index contributed by atoms with van der Waals surface area (Å²) in [4.78, 5) is 26.2. The van der Waals surface area contributed by atoms with Gasteiger partial charge in [0.25, 0.3) is 0 Å².